The summed E-state index contributed by atoms with van der Waals surface area (Å²) >= 11 is 0. The molecule has 4 rings (SSSR count). The van der Waals surface area contributed by atoms with Crippen LogP contribution in [0.25, 0.3) is 11.2 Å². The molecule has 0 fully saturated rings. The molecule has 6 nitrogen and oxygen atoms in total. The average Bonchev–Trinajstić information content (AvgIpc) is 2.92. The highest BCUT2D eigenvalue weighted by Crippen LogP contribution is 2.31. The molecule has 0 saturated carbocycles. The van der Waals surface area contributed by atoms with Crippen molar-refractivity contribution in [3.63, 3.8) is 0 Å². The molecule has 2 N–H and O–H groups in total. The van der Waals surface area contributed by atoms with Gasteiger partial charge in [0.2, 0.25) is 0 Å². The van der Waals surface area contributed by atoms with Gasteiger partial charge in [0.05, 0.1) is 5.69 Å². The number of nitrogens with one attached hydrogen (secondary N) is 1. The van der Waals surface area contributed by atoms with Crippen LogP contribution in [0.3, 0.4) is 0 Å². The van der Waals surface area contributed by atoms with Gasteiger partial charge in [0.1, 0.15) is 22.7 Å². The molecule has 24 heavy (non-hydrogen) atoms. The van der Waals surface area contributed by atoms with E-state index in [0.717, 1.165) is 17.0 Å². The summed E-state index contributed by atoms with van der Waals surface area (Å²) in [6, 6.07) is 9.21. The van der Waals surface area contributed by atoms with Gasteiger partial charge in [-0.3, -0.25) is 9.78 Å². The van der Waals surface area contributed by atoms with E-state index >= 15 is 0 Å². The van der Waals surface area contributed by atoms with Gasteiger partial charge in [0.15, 0.2) is 0 Å². The Balaban J connectivity index is 1.76. The molecule has 0 aliphatic heterocycles. The summed E-state index contributed by atoms with van der Waals surface area (Å²) in [4.78, 5) is 21.4. The summed E-state index contributed by atoms with van der Waals surface area (Å²) in [5.41, 5.74) is 3.95. The molecule has 1 amide bonds. The molecule has 3 heterocycles. The third-order valence-corrected chi connectivity index (χ3v) is 4.13. The Hall–Kier alpha value is -3.15. The molecule has 0 bridgehead atoms. The topological polar surface area (TPSA) is 79.5 Å². The van der Waals surface area contributed by atoms with Crippen LogP contribution in [0.15, 0.2) is 48.5 Å². The van der Waals surface area contributed by atoms with Crippen LogP contribution in [0.5, 0.6) is 0 Å². The normalized spacial score (nSPS) is 13.9. The molecule has 0 spiro atoms. The standard InChI is InChI=1S/C18H16N4O2/c1-11-10-12(7-8-19-11)20-18(24)16-14(23)6-5-13-17(16)21-15-4-2-3-9-22(13)15/h2-4,7-10,23H,5-6H2,1H3,(H,19,20,24). The molecular weight excluding hydrogens is 304 g/mol. The quantitative estimate of drug-likeness (QED) is 0.761. The van der Waals surface area contributed by atoms with E-state index in [2.05, 4.69) is 15.3 Å². The number of hydrogen-bond donors (Lipinski definition) is 2. The van der Waals surface area contributed by atoms with Crippen LogP contribution in [-0.4, -0.2) is 25.4 Å². The third kappa shape index (κ3) is 2.32. The number of anilines is 1. The highest BCUT2D eigenvalue weighted by atomic mass is 16.3. The number of pyridine rings is 2. The lowest BCUT2D eigenvalue weighted by Gasteiger charge is -2.16. The van der Waals surface area contributed by atoms with Gasteiger partial charge in [-0.15, -0.1) is 0 Å². The summed E-state index contributed by atoms with van der Waals surface area (Å²) in [7, 11) is 0. The maximum atomic E-state index is 12.7. The first kappa shape index (κ1) is 14.4. The Morgan fingerprint density at radius 2 is 2.17 bits per heavy atom. The maximum Gasteiger partial charge on any atom is 0.261 e. The molecule has 0 aromatic carbocycles. The number of hydrogen-bond acceptors (Lipinski definition) is 4. The first-order valence-corrected chi connectivity index (χ1v) is 7.76. The first-order valence-electron chi connectivity index (χ1n) is 7.76. The van der Waals surface area contributed by atoms with E-state index in [1.807, 2.05) is 35.7 Å². The molecule has 0 unspecified atom stereocenters. The molecular formula is C18H16N4O2. The zero-order valence-electron chi connectivity index (χ0n) is 13.2. The largest absolute Gasteiger partial charge is 0.511 e. The van der Waals surface area contributed by atoms with Crippen LogP contribution in [0.4, 0.5) is 5.69 Å². The van der Waals surface area contributed by atoms with E-state index in [1.54, 1.807) is 18.3 Å². The summed E-state index contributed by atoms with van der Waals surface area (Å²) in [6.45, 7) is 1.85. The molecule has 3 aromatic rings. The van der Waals surface area contributed by atoms with Crippen molar-refractivity contribution in [1.29, 1.82) is 0 Å². The van der Waals surface area contributed by atoms with Crippen molar-refractivity contribution in [3.8, 4) is 0 Å². The Morgan fingerprint density at radius 3 is 3.00 bits per heavy atom. The van der Waals surface area contributed by atoms with Crippen molar-refractivity contribution < 1.29 is 9.90 Å². The van der Waals surface area contributed by atoms with E-state index < -0.39 is 0 Å². The number of nitrogens with zero attached hydrogens (tertiary/aromatic N) is 3. The second-order valence-electron chi connectivity index (χ2n) is 5.80. The van der Waals surface area contributed by atoms with Gasteiger partial charge in [0, 0.05) is 30.2 Å². The Bertz CT molecular complexity index is 988. The van der Waals surface area contributed by atoms with Gasteiger partial charge in [-0.25, -0.2) is 4.98 Å². The van der Waals surface area contributed by atoms with Crippen LogP contribution >= 0.6 is 0 Å². The predicted octanol–water partition coefficient (Wildman–Crippen LogP) is 2.89. The van der Waals surface area contributed by atoms with Gasteiger partial charge < -0.3 is 14.8 Å². The molecule has 1 aliphatic rings. The lowest BCUT2D eigenvalue weighted by Crippen LogP contribution is -2.19. The molecule has 0 saturated heterocycles. The minimum atomic E-state index is -0.359. The zero-order chi connectivity index (χ0) is 16.7. The summed E-state index contributed by atoms with van der Waals surface area (Å²) in [6.07, 6.45) is 4.63. The SMILES string of the molecule is Cc1cc(NC(=O)C2=C(O)CCc3c2nc2ccccn32)ccn1. The Morgan fingerprint density at radius 1 is 1.29 bits per heavy atom. The second kappa shape index (κ2) is 5.49. The number of allylic oxidation sites excluding steroid dienone is 1. The third-order valence-electron chi connectivity index (χ3n) is 4.13. The smallest absolute Gasteiger partial charge is 0.261 e. The molecule has 1 aliphatic carbocycles. The van der Waals surface area contributed by atoms with Crippen LogP contribution < -0.4 is 5.32 Å². The number of imidazole rings is 1. The van der Waals surface area contributed by atoms with Crippen LogP contribution in [0.1, 0.15) is 23.5 Å². The van der Waals surface area contributed by atoms with Crippen molar-refractivity contribution in [1.82, 2.24) is 14.4 Å². The summed E-state index contributed by atoms with van der Waals surface area (Å²) in [5.74, 6) is -0.281. The summed E-state index contributed by atoms with van der Waals surface area (Å²) < 4.78 is 1.96. The van der Waals surface area contributed by atoms with Crippen LogP contribution in [0.2, 0.25) is 0 Å². The zero-order valence-corrected chi connectivity index (χ0v) is 13.2. The number of rotatable bonds is 2. The molecule has 0 radical (unpaired) electrons. The van der Waals surface area contributed by atoms with Gasteiger partial charge in [0.25, 0.3) is 5.91 Å². The first-order chi connectivity index (χ1) is 11.6. The number of aliphatic hydroxyl groups is 1. The van der Waals surface area contributed by atoms with Gasteiger partial charge in [-0.05, 0) is 37.6 Å². The van der Waals surface area contributed by atoms with E-state index in [-0.39, 0.29) is 17.2 Å². The minimum Gasteiger partial charge on any atom is -0.511 e. The van der Waals surface area contributed by atoms with Crippen molar-refractivity contribution in [2.75, 3.05) is 5.32 Å². The molecule has 120 valence electrons. The second-order valence-corrected chi connectivity index (χ2v) is 5.80. The maximum absolute atomic E-state index is 12.7. The monoisotopic (exact) mass is 320 g/mol. The minimum absolute atomic E-state index is 0.0779. The summed E-state index contributed by atoms with van der Waals surface area (Å²) in [5, 5.41) is 13.1. The highest BCUT2D eigenvalue weighted by Gasteiger charge is 2.28. The Kier molecular flexibility index (Phi) is 3.30. The number of aromatic nitrogens is 3. The highest BCUT2D eigenvalue weighted by molar-refractivity contribution is 6.26. The van der Waals surface area contributed by atoms with E-state index in [0.29, 0.717) is 24.2 Å². The molecule has 0 atom stereocenters. The van der Waals surface area contributed by atoms with Gasteiger partial charge in [-0.2, -0.15) is 0 Å². The van der Waals surface area contributed by atoms with Crippen molar-refractivity contribution in [2.24, 2.45) is 0 Å². The predicted molar refractivity (Wildman–Crippen MR) is 90.7 cm³/mol. The molecule has 3 aromatic heterocycles. The van der Waals surface area contributed by atoms with E-state index in [4.69, 9.17) is 0 Å². The number of carbonyl (C=O) groups excluding carboxylic acids is 1. The number of fused-ring (bicyclic) bond motifs is 3. The van der Waals surface area contributed by atoms with Crippen LogP contribution in [0, 0.1) is 6.92 Å². The fourth-order valence-corrected chi connectivity index (χ4v) is 3.04. The number of aliphatic hydroxyl groups excluding tert-OH is 1. The number of amides is 1. The fourth-order valence-electron chi connectivity index (χ4n) is 3.04. The number of aryl methyl sites for hydroxylation is 2. The molecule has 6 heteroatoms. The van der Waals surface area contributed by atoms with Gasteiger partial charge >= 0.3 is 0 Å². The van der Waals surface area contributed by atoms with Crippen molar-refractivity contribution in [3.05, 3.63) is 65.6 Å². The van der Waals surface area contributed by atoms with Crippen molar-refractivity contribution >= 4 is 22.8 Å². The van der Waals surface area contributed by atoms with E-state index in [9.17, 15) is 9.90 Å². The average molecular weight is 320 g/mol. The fraction of sp³-hybridized carbons (Fsp3) is 0.167. The Labute approximate surface area is 138 Å². The van der Waals surface area contributed by atoms with Crippen LogP contribution in [-0.2, 0) is 11.2 Å². The lowest BCUT2D eigenvalue weighted by atomic mass is 9.97. The van der Waals surface area contributed by atoms with E-state index in [1.165, 1.54) is 0 Å². The number of carbonyl (C=O) groups is 1. The lowest BCUT2D eigenvalue weighted by molar-refractivity contribution is -0.111. The van der Waals surface area contributed by atoms with Gasteiger partial charge in [-0.1, -0.05) is 6.07 Å². The van der Waals surface area contributed by atoms with Crippen molar-refractivity contribution in [2.45, 2.75) is 19.8 Å².